The Kier molecular flexibility index (Phi) is 3.91. The Morgan fingerprint density at radius 3 is 2.90 bits per heavy atom. The molecule has 2 aromatic rings. The van der Waals surface area contributed by atoms with Gasteiger partial charge in [0.1, 0.15) is 0 Å². The van der Waals surface area contributed by atoms with E-state index in [1.807, 2.05) is 37.3 Å². The van der Waals surface area contributed by atoms with Gasteiger partial charge in [0.15, 0.2) is 0 Å². The summed E-state index contributed by atoms with van der Waals surface area (Å²) in [5, 5.41) is 4.15. The van der Waals surface area contributed by atoms with Crippen LogP contribution < -0.4 is 5.32 Å². The van der Waals surface area contributed by atoms with Crippen LogP contribution in [-0.2, 0) is 0 Å². The Labute approximate surface area is 125 Å². The molecule has 0 spiro atoms. The summed E-state index contributed by atoms with van der Waals surface area (Å²) in [6.07, 6.45) is 4.68. The van der Waals surface area contributed by atoms with Crippen molar-refractivity contribution in [2.24, 2.45) is 5.92 Å². The molecule has 1 saturated carbocycles. The highest BCUT2D eigenvalue weighted by Gasteiger charge is 2.21. The van der Waals surface area contributed by atoms with Crippen LogP contribution in [0.5, 0.6) is 0 Å². The molecule has 0 saturated heterocycles. The Hall–Kier alpha value is -1.90. The number of nitrogens with one attached hydrogen (secondary N) is 1. The molecular formula is C18H22N2O. The van der Waals surface area contributed by atoms with E-state index in [1.165, 1.54) is 12.8 Å². The maximum absolute atomic E-state index is 12.6. The number of aryl methyl sites for hydroxylation is 1. The highest BCUT2D eigenvalue weighted by Crippen LogP contribution is 2.24. The average Bonchev–Trinajstić information content (AvgIpc) is 2.46. The van der Waals surface area contributed by atoms with Crippen LogP contribution in [0.2, 0.25) is 0 Å². The quantitative estimate of drug-likeness (QED) is 0.909. The predicted molar refractivity (Wildman–Crippen MR) is 85.4 cm³/mol. The van der Waals surface area contributed by atoms with Crippen LogP contribution in [0.25, 0.3) is 10.9 Å². The smallest absolute Gasteiger partial charge is 0.252 e. The lowest BCUT2D eigenvalue weighted by Gasteiger charge is -2.27. The van der Waals surface area contributed by atoms with E-state index in [2.05, 4.69) is 17.2 Å². The lowest BCUT2D eigenvalue weighted by Crippen LogP contribution is -2.38. The first-order valence-corrected chi connectivity index (χ1v) is 7.81. The second-order valence-corrected chi connectivity index (χ2v) is 6.27. The third-order valence-electron chi connectivity index (χ3n) is 4.36. The van der Waals surface area contributed by atoms with Crippen molar-refractivity contribution < 1.29 is 4.79 Å². The van der Waals surface area contributed by atoms with Gasteiger partial charge in [0.05, 0.1) is 11.1 Å². The number of hydrogen-bond donors (Lipinski definition) is 1. The number of benzene rings is 1. The summed E-state index contributed by atoms with van der Waals surface area (Å²) in [6, 6.07) is 10.1. The van der Waals surface area contributed by atoms with Crippen molar-refractivity contribution in [3.8, 4) is 0 Å². The van der Waals surface area contributed by atoms with E-state index in [1.54, 1.807) is 0 Å². The zero-order valence-corrected chi connectivity index (χ0v) is 12.7. The first-order chi connectivity index (χ1) is 10.1. The highest BCUT2D eigenvalue weighted by molar-refractivity contribution is 6.06. The molecule has 1 fully saturated rings. The molecule has 3 heteroatoms. The Morgan fingerprint density at radius 1 is 1.29 bits per heavy atom. The molecule has 1 aromatic heterocycles. The molecule has 0 radical (unpaired) electrons. The Bertz CT molecular complexity index is 665. The largest absolute Gasteiger partial charge is 0.349 e. The van der Waals surface area contributed by atoms with E-state index in [0.717, 1.165) is 35.0 Å². The molecule has 21 heavy (non-hydrogen) atoms. The molecule has 0 bridgehead atoms. The van der Waals surface area contributed by atoms with Gasteiger partial charge in [-0.1, -0.05) is 38.0 Å². The van der Waals surface area contributed by atoms with Gasteiger partial charge >= 0.3 is 0 Å². The van der Waals surface area contributed by atoms with E-state index in [-0.39, 0.29) is 5.91 Å². The molecule has 3 rings (SSSR count). The molecular weight excluding hydrogens is 260 g/mol. The van der Waals surface area contributed by atoms with Crippen LogP contribution in [0.15, 0.2) is 30.3 Å². The number of aromatic nitrogens is 1. The summed E-state index contributed by atoms with van der Waals surface area (Å²) >= 11 is 0. The van der Waals surface area contributed by atoms with Gasteiger partial charge < -0.3 is 5.32 Å². The van der Waals surface area contributed by atoms with Gasteiger partial charge in [0.2, 0.25) is 0 Å². The van der Waals surface area contributed by atoms with Crippen molar-refractivity contribution in [3.63, 3.8) is 0 Å². The van der Waals surface area contributed by atoms with Gasteiger partial charge in [0, 0.05) is 17.1 Å². The van der Waals surface area contributed by atoms with E-state index in [0.29, 0.717) is 12.0 Å². The van der Waals surface area contributed by atoms with Gasteiger partial charge in [-0.2, -0.15) is 0 Å². The number of hydrogen-bond acceptors (Lipinski definition) is 2. The van der Waals surface area contributed by atoms with E-state index < -0.39 is 0 Å². The van der Waals surface area contributed by atoms with Gasteiger partial charge in [-0.15, -0.1) is 0 Å². The number of para-hydroxylation sites is 1. The van der Waals surface area contributed by atoms with Crippen LogP contribution in [0.3, 0.4) is 0 Å². The van der Waals surface area contributed by atoms with Crippen LogP contribution in [0, 0.1) is 12.8 Å². The second-order valence-electron chi connectivity index (χ2n) is 6.27. The van der Waals surface area contributed by atoms with Crippen LogP contribution in [0.4, 0.5) is 0 Å². The maximum atomic E-state index is 12.6. The standard InChI is InChI=1S/C18H22N2O/c1-12-6-5-7-14(10-12)20-18(21)16-11-13(2)19-17-9-4-3-8-15(16)17/h3-4,8-9,11-12,14H,5-7,10H2,1-2H3,(H,20,21). The number of rotatable bonds is 2. The molecule has 1 N–H and O–H groups in total. The molecule has 3 nitrogen and oxygen atoms in total. The second kappa shape index (κ2) is 5.84. The van der Waals surface area contributed by atoms with Gasteiger partial charge in [-0.3, -0.25) is 9.78 Å². The van der Waals surface area contributed by atoms with Crippen molar-refractivity contribution in [3.05, 3.63) is 41.6 Å². The number of fused-ring (bicyclic) bond motifs is 1. The van der Waals surface area contributed by atoms with Crippen molar-refractivity contribution in [2.75, 3.05) is 0 Å². The van der Waals surface area contributed by atoms with E-state index >= 15 is 0 Å². The van der Waals surface area contributed by atoms with Crippen LogP contribution >= 0.6 is 0 Å². The zero-order valence-electron chi connectivity index (χ0n) is 12.7. The minimum Gasteiger partial charge on any atom is -0.349 e. The summed E-state index contributed by atoms with van der Waals surface area (Å²) in [4.78, 5) is 17.1. The fourth-order valence-electron chi connectivity index (χ4n) is 3.32. The Balaban J connectivity index is 1.87. The maximum Gasteiger partial charge on any atom is 0.252 e. The molecule has 0 aliphatic heterocycles. The van der Waals surface area contributed by atoms with Crippen LogP contribution in [-0.4, -0.2) is 16.9 Å². The van der Waals surface area contributed by atoms with Gasteiger partial charge in [-0.25, -0.2) is 0 Å². The minimum absolute atomic E-state index is 0.0378. The number of nitrogens with zero attached hydrogens (tertiary/aromatic N) is 1. The van der Waals surface area contributed by atoms with Gasteiger partial charge in [-0.05, 0) is 37.8 Å². The van der Waals surface area contributed by atoms with E-state index in [9.17, 15) is 4.79 Å². The topological polar surface area (TPSA) is 42.0 Å². The summed E-state index contributed by atoms with van der Waals surface area (Å²) in [5.74, 6) is 0.746. The normalized spacial score (nSPS) is 22.2. The monoisotopic (exact) mass is 282 g/mol. The summed E-state index contributed by atoms with van der Waals surface area (Å²) in [7, 11) is 0. The van der Waals surface area contributed by atoms with E-state index in [4.69, 9.17) is 0 Å². The molecule has 1 aliphatic rings. The number of pyridine rings is 1. The first-order valence-electron chi connectivity index (χ1n) is 7.81. The third-order valence-corrected chi connectivity index (χ3v) is 4.36. The summed E-state index contributed by atoms with van der Waals surface area (Å²) in [6.45, 7) is 4.20. The lowest BCUT2D eigenvalue weighted by atomic mass is 9.87. The summed E-state index contributed by atoms with van der Waals surface area (Å²) < 4.78 is 0. The van der Waals surface area contributed by atoms with Crippen LogP contribution in [0.1, 0.15) is 48.7 Å². The first kappa shape index (κ1) is 14.1. The molecule has 1 aromatic carbocycles. The number of carbonyl (C=O) groups is 1. The SMILES string of the molecule is Cc1cc(C(=O)NC2CCCC(C)C2)c2ccccc2n1. The summed E-state index contributed by atoms with van der Waals surface area (Å²) in [5.41, 5.74) is 2.52. The molecule has 2 unspecified atom stereocenters. The molecule has 2 atom stereocenters. The molecule has 1 heterocycles. The third kappa shape index (κ3) is 3.07. The number of amides is 1. The lowest BCUT2D eigenvalue weighted by molar-refractivity contribution is 0.0923. The van der Waals surface area contributed by atoms with Crippen molar-refractivity contribution >= 4 is 16.8 Å². The predicted octanol–water partition coefficient (Wildman–Crippen LogP) is 3.85. The Morgan fingerprint density at radius 2 is 2.10 bits per heavy atom. The van der Waals surface area contributed by atoms with Gasteiger partial charge in [0.25, 0.3) is 5.91 Å². The molecule has 110 valence electrons. The average molecular weight is 282 g/mol. The van der Waals surface area contributed by atoms with Crippen molar-refractivity contribution in [1.29, 1.82) is 0 Å². The molecule has 1 amide bonds. The zero-order chi connectivity index (χ0) is 14.8. The van der Waals surface area contributed by atoms with Crippen molar-refractivity contribution in [2.45, 2.75) is 45.6 Å². The fourth-order valence-corrected chi connectivity index (χ4v) is 3.32. The number of carbonyl (C=O) groups excluding carboxylic acids is 1. The highest BCUT2D eigenvalue weighted by atomic mass is 16.1. The van der Waals surface area contributed by atoms with Crippen molar-refractivity contribution in [1.82, 2.24) is 10.3 Å². The molecule has 1 aliphatic carbocycles. The fraction of sp³-hybridized carbons (Fsp3) is 0.444. The minimum atomic E-state index is 0.0378.